The lowest BCUT2D eigenvalue weighted by Crippen LogP contribution is -2.69. The number of nitrogens with zero attached hydrogens (tertiary/aromatic N) is 7. The maximum absolute atomic E-state index is 15.6. The fourth-order valence-electron chi connectivity index (χ4n) is 12.5. The average molecular weight is 1450 g/mol. The van der Waals surface area contributed by atoms with Crippen molar-refractivity contribution in [1.29, 1.82) is 5.41 Å². The first-order valence-electron chi connectivity index (χ1n) is 32.6. The number of carbonyl (C=O) groups is 6. The molecular formula is C62H82N16O25. The molecule has 8 heterocycles. The zero-order chi connectivity index (χ0) is 74.1. The summed E-state index contributed by atoms with van der Waals surface area (Å²) in [6, 6.07) is 3.09. The average Bonchev–Trinajstić information content (AvgIpc) is 1.64. The van der Waals surface area contributed by atoms with E-state index < -0.39 is 240 Å². The molecule has 41 heteroatoms. The predicted molar refractivity (Wildman–Crippen MR) is 345 cm³/mol. The SMILES string of the molecule is CC(c1ccccc1)C1NC(=O)CNC(=O)C(CO)NC(=O)C(C(O)C2CN(c3ncccn3)C(=N)N2C2OC(CO)C(O)C(O)C2O)NC(=O)C(C(O)C2CN=C(Nc3ncccn3)N2)NC(=O)C(Cc2ccc(OC3OC(CO)C(OC4OC(CO)C(O)C(O)C4O)C(O)C3O)cc2)NC1=O. The Labute approximate surface area is 584 Å². The Morgan fingerprint density at radius 2 is 1.16 bits per heavy atom. The second kappa shape index (κ2) is 34.1. The number of aromatic nitrogens is 4. The van der Waals surface area contributed by atoms with Crippen LogP contribution in [0.1, 0.15) is 24.0 Å². The van der Waals surface area contributed by atoms with Gasteiger partial charge in [-0.1, -0.05) is 49.4 Å². The molecular weight excluding hydrogens is 1370 g/mol. The molecule has 6 aliphatic heterocycles. The zero-order valence-corrected chi connectivity index (χ0v) is 54.6. The molecule has 5 fully saturated rings. The number of ether oxygens (including phenoxy) is 5. The number of rotatable bonds is 19. The van der Waals surface area contributed by atoms with Gasteiger partial charge >= 0.3 is 0 Å². The van der Waals surface area contributed by atoms with E-state index in [1.807, 2.05) is 0 Å². The molecule has 6 aliphatic rings. The van der Waals surface area contributed by atoms with Gasteiger partial charge in [0.1, 0.15) is 121 Å². The van der Waals surface area contributed by atoms with E-state index in [0.29, 0.717) is 5.56 Å². The Bertz CT molecular complexity index is 3590. The van der Waals surface area contributed by atoms with Crippen molar-refractivity contribution in [2.75, 3.05) is 56.3 Å². The van der Waals surface area contributed by atoms with Crippen molar-refractivity contribution in [2.45, 2.75) is 166 Å². The molecule has 25 unspecified atom stereocenters. The van der Waals surface area contributed by atoms with E-state index >= 15 is 19.2 Å². The molecule has 0 bridgehead atoms. The monoisotopic (exact) mass is 1450 g/mol. The molecule has 41 nitrogen and oxygen atoms in total. The highest BCUT2D eigenvalue weighted by Gasteiger charge is 2.56. The molecule has 4 aromatic rings. The van der Waals surface area contributed by atoms with Gasteiger partial charge < -0.3 is 137 Å². The summed E-state index contributed by atoms with van der Waals surface area (Å²) >= 11 is 0. The first kappa shape index (κ1) is 76.7. The van der Waals surface area contributed by atoms with Crippen LogP contribution in [0.3, 0.4) is 0 Å². The summed E-state index contributed by atoms with van der Waals surface area (Å²) < 4.78 is 28.6. The smallest absolute Gasteiger partial charge is 0.246 e. The Morgan fingerprint density at radius 1 is 0.583 bits per heavy atom. The Hall–Kier alpha value is -8.96. The number of anilines is 2. The van der Waals surface area contributed by atoms with Gasteiger partial charge in [-0.25, -0.2) is 19.9 Å². The number of guanidine groups is 2. The van der Waals surface area contributed by atoms with Crippen LogP contribution in [-0.4, -0.2) is 336 Å². The van der Waals surface area contributed by atoms with Gasteiger partial charge in [0.15, 0.2) is 18.5 Å². The van der Waals surface area contributed by atoms with Gasteiger partial charge in [-0.3, -0.25) is 49.4 Å². The van der Waals surface area contributed by atoms with Crippen molar-refractivity contribution in [3.63, 3.8) is 0 Å². The molecule has 23 N–H and O–H groups in total. The molecule has 560 valence electrons. The Morgan fingerprint density at radius 3 is 1.81 bits per heavy atom. The summed E-state index contributed by atoms with van der Waals surface area (Å²) in [6.07, 6.45) is -27.3. The second-order valence-electron chi connectivity index (χ2n) is 25.0. The minimum Gasteiger partial charge on any atom is -0.462 e. The third-order valence-corrected chi connectivity index (χ3v) is 18.2. The van der Waals surface area contributed by atoms with Crippen molar-refractivity contribution < 1.29 is 124 Å². The Kier molecular flexibility index (Phi) is 25.4. The number of carbonyl (C=O) groups excluding carboxylic acids is 6. The summed E-state index contributed by atoms with van der Waals surface area (Å²) in [7, 11) is 0. The standard InChI is InChI=1S/C62H82N16O25/c1-25(27-7-3-2-4-8-27)37-53(96)70-29(17-26-9-11-28(12-10-26)99-57-49(93)46(90)50(35(24-82)102-57)103-58-48(92)45(89)43(87)34(23-81)101-58)52(95)74-38(40(84)30-18-69-61(72-30)76-60-64-13-5-14-65-60)55(98)75-39(54(97)71-31(21-79)51(94)68-19-36(83)73-37)41(85)32-20-77(62-66-15-6-16-67-62)59(63)78(32)56-47(91)44(88)42(86)33(22-80)100-56/h2-16,25,29-35,37-50,56-58,63,79-82,84-93H,17-24H2,1H3,(H,68,94)(H,70,96)(H,71,97)(H,73,83)(H,74,95)(H,75,98)(H2,64,65,69,72,76). The third kappa shape index (κ3) is 17.3. The molecule has 0 saturated carbocycles. The van der Waals surface area contributed by atoms with E-state index in [4.69, 9.17) is 23.7 Å². The number of aliphatic hydroxyl groups is 14. The summed E-state index contributed by atoms with van der Waals surface area (Å²) in [6.45, 7) is -4.28. The van der Waals surface area contributed by atoms with E-state index in [1.165, 1.54) is 61.2 Å². The molecule has 6 amide bonds. The molecule has 0 aliphatic carbocycles. The van der Waals surface area contributed by atoms with Gasteiger partial charge in [-0.05, 0) is 35.4 Å². The topological polar surface area (TPSA) is 622 Å². The van der Waals surface area contributed by atoms with Gasteiger partial charge in [-0.15, -0.1) is 0 Å². The lowest BCUT2D eigenvalue weighted by molar-refractivity contribution is -0.352. The molecule has 25 atom stereocenters. The van der Waals surface area contributed by atoms with Crippen molar-refractivity contribution >= 4 is 59.3 Å². The van der Waals surface area contributed by atoms with Gasteiger partial charge in [0.05, 0.1) is 58.1 Å². The van der Waals surface area contributed by atoms with E-state index in [9.17, 15) is 86.5 Å². The van der Waals surface area contributed by atoms with Gasteiger partial charge in [0, 0.05) is 37.1 Å². The summed E-state index contributed by atoms with van der Waals surface area (Å²) in [4.78, 5) is 112. The predicted octanol–water partition coefficient (Wildman–Crippen LogP) is -11.8. The normalized spacial score (nSPS) is 34.6. The maximum Gasteiger partial charge on any atom is 0.246 e. The molecule has 2 aromatic carbocycles. The highest BCUT2D eigenvalue weighted by molar-refractivity contribution is 6.00. The van der Waals surface area contributed by atoms with Crippen LogP contribution in [0, 0.1) is 5.41 Å². The number of nitrogens with one attached hydrogen (secondary N) is 9. The molecule has 103 heavy (non-hydrogen) atoms. The summed E-state index contributed by atoms with van der Waals surface area (Å²) in [5.41, 5.74) is 0.671. The zero-order valence-electron chi connectivity index (χ0n) is 54.6. The maximum atomic E-state index is 15.6. The van der Waals surface area contributed by atoms with Crippen LogP contribution in [0.15, 0.2) is 96.5 Å². The number of benzene rings is 2. The van der Waals surface area contributed by atoms with Crippen molar-refractivity contribution in [1.82, 2.24) is 62.1 Å². The summed E-state index contributed by atoms with van der Waals surface area (Å²) in [5.74, 6) is -9.52. The van der Waals surface area contributed by atoms with Gasteiger partial charge in [0.25, 0.3) is 0 Å². The molecule has 2 aromatic heterocycles. The van der Waals surface area contributed by atoms with Crippen LogP contribution in [0.5, 0.6) is 5.75 Å². The van der Waals surface area contributed by atoms with E-state index in [0.717, 1.165) is 9.80 Å². The van der Waals surface area contributed by atoms with Crippen molar-refractivity contribution in [3.8, 4) is 5.75 Å². The lowest BCUT2D eigenvalue weighted by Gasteiger charge is -2.46. The molecule has 0 radical (unpaired) electrons. The van der Waals surface area contributed by atoms with Crippen molar-refractivity contribution in [2.24, 2.45) is 4.99 Å². The first-order chi connectivity index (χ1) is 49.3. The molecule has 5 saturated heterocycles. The minimum absolute atomic E-state index is 0.0265. The highest BCUT2D eigenvalue weighted by atomic mass is 16.7. The Balaban J connectivity index is 0.996. The van der Waals surface area contributed by atoms with Gasteiger partial charge in [0.2, 0.25) is 59.6 Å². The van der Waals surface area contributed by atoms with Crippen LogP contribution in [0.4, 0.5) is 11.9 Å². The molecule has 10 rings (SSSR count). The summed E-state index contributed by atoms with van der Waals surface area (Å²) in [5, 5.41) is 183. The largest absolute Gasteiger partial charge is 0.462 e. The fourth-order valence-corrected chi connectivity index (χ4v) is 12.5. The fraction of sp³-hybridized carbons (Fsp3) is 0.548. The molecule has 0 spiro atoms. The number of hydrogen-bond acceptors (Lipinski definition) is 33. The second-order valence-corrected chi connectivity index (χ2v) is 25.0. The lowest BCUT2D eigenvalue weighted by atomic mass is 9.92. The number of aliphatic hydroxyl groups excluding tert-OH is 14. The quantitative estimate of drug-likeness (QED) is 0.0414. The first-order valence-corrected chi connectivity index (χ1v) is 32.6. The van der Waals surface area contributed by atoms with E-state index in [1.54, 1.807) is 37.3 Å². The highest BCUT2D eigenvalue weighted by Crippen LogP contribution is 2.34. The van der Waals surface area contributed by atoms with Crippen LogP contribution in [0.2, 0.25) is 0 Å². The van der Waals surface area contributed by atoms with Crippen LogP contribution in [0.25, 0.3) is 0 Å². The van der Waals surface area contributed by atoms with Crippen molar-refractivity contribution in [3.05, 3.63) is 103 Å². The minimum atomic E-state index is -2.47. The third-order valence-electron chi connectivity index (χ3n) is 18.2. The van der Waals surface area contributed by atoms with Crippen LogP contribution < -0.4 is 52.2 Å². The van der Waals surface area contributed by atoms with Crippen LogP contribution in [-0.2, 0) is 54.1 Å². The number of aliphatic imine (C=N–C) groups is 1. The van der Waals surface area contributed by atoms with E-state index in [2.05, 4.69) is 67.5 Å². The number of amides is 6. The van der Waals surface area contributed by atoms with E-state index in [-0.39, 0.29) is 35.7 Å². The van der Waals surface area contributed by atoms with Gasteiger partial charge in [-0.2, -0.15) is 0 Å². The number of hydrogen-bond donors (Lipinski definition) is 23. The van der Waals surface area contributed by atoms with Crippen LogP contribution >= 0.6 is 0 Å².